The molecule has 1 aromatic rings. The number of ether oxygens (including phenoxy) is 1. The summed E-state index contributed by atoms with van der Waals surface area (Å²) in [5.41, 5.74) is 0. The first-order chi connectivity index (χ1) is 8.53. The second kappa shape index (κ2) is 5.35. The fraction of sp³-hybridized carbons (Fsp3) is 0.700. The molecule has 0 aromatic carbocycles. The molecule has 8 heteroatoms. The Kier molecular flexibility index (Phi) is 4.00. The van der Waals surface area contributed by atoms with Crippen molar-refractivity contribution in [2.45, 2.75) is 36.9 Å². The number of nitrogens with zero attached hydrogens (tertiary/aromatic N) is 2. The van der Waals surface area contributed by atoms with E-state index in [2.05, 4.69) is 9.82 Å². The molecule has 0 unspecified atom stereocenters. The van der Waals surface area contributed by atoms with Crippen molar-refractivity contribution in [2.75, 3.05) is 13.2 Å². The van der Waals surface area contributed by atoms with Crippen LogP contribution in [0, 0.1) is 0 Å². The van der Waals surface area contributed by atoms with Crippen molar-refractivity contribution >= 4 is 10.0 Å². The highest BCUT2D eigenvalue weighted by Gasteiger charge is 2.31. The second-order valence-electron chi connectivity index (χ2n) is 4.27. The van der Waals surface area contributed by atoms with Crippen molar-refractivity contribution in [3.63, 3.8) is 0 Å². The Bertz CT molecular complexity index is 499. The maximum absolute atomic E-state index is 12.0. The summed E-state index contributed by atoms with van der Waals surface area (Å²) in [6.07, 6.45) is 2.86. The van der Waals surface area contributed by atoms with E-state index in [0.717, 1.165) is 6.42 Å². The lowest BCUT2D eigenvalue weighted by molar-refractivity contribution is 0.124. The standard InChI is InChI=1S/C10H17N3O4S/c1-2-3-13-5-8(4-11-13)18(15,16)12-9-6-17-7-10(9)14/h4-5,9-10,12,14H,2-3,6-7H2,1H3/t9-,10-/m0/s1. The number of hydrogen-bond donors (Lipinski definition) is 2. The van der Waals surface area contributed by atoms with Crippen LogP contribution in [0.15, 0.2) is 17.3 Å². The van der Waals surface area contributed by atoms with Gasteiger partial charge in [0.25, 0.3) is 0 Å². The minimum Gasteiger partial charge on any atom is -0.389 e. The van der Waals surface area contributed by atoms with E-state index < -0.39 is 22.2 Å². The first-order valence-electron chi connectivity index (χ1n) is 5.83. The van der Waals surface area contributed by atoms with Crippen LogP contribution < -0.4 is 4.72 Å². The van der Waals surface area contributed by atoms with E-state index in [9.17, 15) is 13.5 Å². The predicted molar refractivity (Wildman–Crippen MR) is 63.5 cm³/mol. The van der Waals surface area contributed by atoms with Crippen LogP contribution in [0.2, 0.25) is 0 Å². The molecule has 18 heavy (non-hydrogen) atoms. The zero-order valence-corrected chi connectivity index (χ0v) is 10.9. The summed E-state index contributed by atoms with van der Waals surface area (Å²) in [7, 11) is -3.65. The molecule has 2 heterocycles. The van der Waals surface area contributed by atoms with Gasteiger partial charge in [0.2, 0.25) is 10.0 Å². The van der Waals surface area contributed by atoms with E-state index in [1.54, 1.807) is 4.68 Å². The zero-order chi connectivity index (χ0) is 13.2. The lowest BCUT2D eigenvalue weighted by Crippen LogP contribution is -2.42. The monoisotopic (exact) mass is 275 g/mol. The summed E-state index contributed by atoms with van der Waals surface area (Å²) in [4.78, 5) is 0.107. The lowest BCUT2D eigenvalue weighted by Gasteiger charge is -2.13. The maximum atomic E-state index is 12.0. The van der Waals surface area contributed by atoms with Gasteiger partial charge in [0.15, 0.2) is 0 Å². The number of hydrogen-bond acceptors (Lipinski definition) is 5. The van der Waals surface area contributed by atoms with Crippen molar-refractivity contribution in [2.24, 2.45) is 0 Å². The molecular weight excluding hydrogens is 258 g/mol. The molecule has 0 radical (unpaired) electrons. The molecule has 1 aromatic heterocycles. The van der Waals surface area contributed by atoms with Gasteiger partial charge in [-0.15, -0.1) is 0 Å². The summed E-state index contributed by atoms with van der Waals surface area (Å²) in [6, 6.07) is -0.593. The van der Waals surface area contributed by atoms with Gasteiger partial charge in [-0.3, -0.25) is 4.68 Å². The van der Waals surface area contributed by atoms with Crippen LogP contribution in [0.5, 0.6) is 0 Å². The SMILES string of the molecule is CCCn1cc(S(=O)(=O)N[C@H]2COC[C@@H]2O)cn1. The highest BCUT2D eigenvalue weighted by molar-refractivity contribution is 7.89. The van der Waals surface area contributed by atoms with E-state index in [1.165, 1.54) is 12.4 Å². The molecule has 0 bridgehead atoms. The summed E-state index contributed by atoms with van der Waals surface area (Å²) in [5.74, 6) is 0. The Morgan fingerprint density at radius 1 is 1.61 bits per heavy atom. The minimum atomic E-state index is -3.65. The van der Waals surface area contributed by atoms with Crippen molar-refractivity contribution < 1.29 is 18.3 Å². The van der Waals surface area contributed by atoms with Gasteiger partial charge in [0.05, 0.1) is 31.6 Å². The second-order valence-corrected chi connectivity index (χ2v) is 5.99. The molecule has 0 amide bonds. The third kappa shape index (κ3) is 2.89. The van der Waals surface area contributed by atoms with E-state index in [4.69, 9.17) is 4.74 Å². The van der Waals surface area contributed by atoms with E-state index in [1.807, 2.05) is 6.92 Å². The summed E-state index contributed by atoms with van der Waals surface area (Å²) in [6.45, 7) is 3.00. The van der Waals surface area contributed by atoms with Gasteiger partial charge in [0, 0.05) is 12.7 Å². The average Bonchev–Trinajstić information content (AvgIpc) is 2.90. The molecule has 0 saturated carbocycles. The van der Waals surface area contributed by atoms with Crippen LogP contribution in [-0.4, -0.2) is 48.7 Å². The Labute approximate surface area is 106 Å². The van der Waals surface area contributed by atoms with Crippen molar-refractivity contribution in [1.82, 2.24) is 14.5 Å². The van der Waals surface area contributed by atoms with Crippen LogP contribution in [0.25, 0.3) is 0 Å². The molecule has 2 rings (SSSR count). The number of aryl methyl sites for hydroxylation is 1. The number of nitrogens with one attached hydrogen (secondary N) is 1. The van der Waals surface area contributed by atoms with Gasteiger partial charge in [-0.25, -0.2) is 13.1 Å². The third-order valence-corrected chi connectivity index (χ3v) is 4.17. The molecule has 102 valence electrons. The number of sulfonamides is 1. The van der Waals surface area contributed by atoms with Crippen molar-refractivity contribution in [3.05, 3.63) is 12.4 Å². The van der Waals surface area contributed by atoms with Gasteiger partial charge < -0.3 is 9.84 Å². The molecule has 1 saturated heterocycles. The van der Waals surface area contributed by atoms with Gasteiger partial charge in [0.1, 0.15) is 4.90 Å². The summed E-state index contributed by atoms with van der Waals surface area (Å²) < 4.78 is 33.0. The van der Waals surface area contributed by atoms with Crippen LogP contribution in [0.3, 0.4) is 0 Å². The molecule has 1 aliphatic rings. The molecule has 2 N–H and O–H groups in total. The van der Waals surface area contributed by atoms with Gasteiger partial charge in [-0.1, -0.05) is 6.92 Å². The smallest absolute Gasteiger partial charge is 0.244 e. The average molecular weight is 275 g/mol. The third-order valence-electron chi connectivity index (χ3n) is 2.73. The Balaban J connectivity index is 2.09. The lowest BCUT2D eigenvalue weighted by atomic mass is 10.2. The molecule has 0 aliphatic carbocycles. The number of aromatic nitrogens is 2. The minimum absolute atomic E-state index is 0.107. The zero-order valence-electron chi connectivity index (χ0n) is 10.1. The summed E-state index contributed by atoms with van der Waals surface area (Å²) >= 11 is 0. The van der Waals surface area contributed by atoms with Crippen LogP contribution in [0.4, 0.5) is 0 Å². The Morgan fingerprint density at radius 3 is 3.00 bits per heavy atom. The Morgan fingerprint density at radius 2 is 2.39 bits per heavy atom. The Hall–Kier alpha value is -0.960. The van der Waals surface area contributed by atoms with Gasteiger partial charge in [-0.05, 0) is 6.42 Å². The quantitative estimate of drug-likeness (QED) is 0.743. The molecule has 1 fully saturated rings. The predicted octanol–water partition coefficient (Wildman–Crippen LogP) is -0.669. The molecular formula is C10H17N3O4S. The normalized spacial score (nSPS) is 24.6. The molecule has 7 nitrogen and oxygen atoms in total. The molecule has 1 aliphatic heterocycles. The summed E-state index contributed by atoms with van der Waals surface area (Å²) in [5, 5.41) is 13.5. The van der Waals surface area contributed by atoms with Gasteiger partial charge in [-0.2, -0.15) is 5.10 Å². The first kappa shape index (κ1) is 13.5. The van der Waals surface area contributed by atoms with E-state index in [0.29, 0.717) is 6.54 Å². The van der Waals surface area contributed by atoms with Crippen LogP contribution in [0.1, 0.15) is 13.3 Å². The molecule has 2 atom stereocenters. The number of rotatable bonds is 5. The fourth-order valence-electron chi connectivity index (χ4n) is 1.76. The molecule has 0 spiro atoms. The van der Waals surface area contributed by atoms with Gasteiger partial charge >= 0.3 is 0 Å². The van der Waals surface area contributed by atoms with Crippen LogP contribution >= 0.6 is 0 Å². The van der Waals surface area contributed by atoms with Crippen molar-refractivity contribution in [3.8, 4) is 0 Å². The first-order valence-corrected chi connectivity index (χ1v) is 7.32. The van der Waals surface area contributed by atoms with E-state index in [-0.39, 0.29) is 18.1 Å². The van der Waals surface area contributed by atoms with Crippen molar-refractivity contribution in [1.29, 1.82) is 0 Å². The van der Waals surface area contributed by atoms with Crippen LogP contribution in [-0.2, 0) is 21.3 Å². The number of aliphatic hydroxyl groups is 1. The highest BCUT2D eigenvalue weighted by atomic mass is 32.2. The highest BCUT2D eigenvalue weighted by Crippen LogP contribution is 2.12. The largest absolute Gasteiger partial charge is 0.389 e. The topological polar surface area (TPSA) is 93.5 Å². The van der Waals surface area contributed by atoms with E-state index >= 15 is 0 Å². The maximum Gasteiger partial charge on any atom is 0.244 e. The fourth-order valence-corrected chi connectivity index (χ4v) is 2.96. The number of aliphatic hydroxyl groups excluding tert-OH is 1.